The number of hydrogen-bond acceptors (Lipinski definition) is 6. The first kappa shape index (κ1) is 19.0. The van der Waals surface area contributed by atoms with Gasteiger partial charge in [-0.3, -0.25) is 9.59 Å². The molecule has 0 saturated heterocycles. The SMILES string of the molecule is O=C(COC(=O)CSc1ccc2c(c1)OCCO2)Nc1c(F)cccc1F. The molecule has 0 radical (unpaired) electrons. The summed E-state index contributed by atoms with van der Waals surface area (Å²) >= 11 is 1.20. The molecular weight excluding hydrogens is 380 g/mol. The van der Waals surface area contributed by atoms with E-state index in [1.165, 1.54) is 17.8 Å². The van der Waals surface area contributed by atoms with Gasteiger partial charge in [0.15, 0.2) is 18.1 Å². The number of para-hydroxylation sites is 1. The molecule has 27 heavy (non-hydrogen) atoms. The Bertz CT molecular complexity index is 841. The van der Waals surface area contributed by atoms with Crippen LogP contribution < -0.4 is 14.8 Å². The van der Waals surface area contributed by atoms with Gasteiger partial charge in [-0.25, -0.2) is 8.78 Å². The molecule has 1 heterocycles. The van der Waals surface area contributed by atoms with Gasteiger partial charge >= 0.3 is 5.97 Å². The molecule has 6 nitrogen and oxygen atoms in total. The average molecular weight is 395 g/mol. The predicted molar refractivity (Wildman–Crippen MR) is 94.1 cm³/mol. The van der Waals surface area contributed by atoms with Crippen molar-refractivity contribution in [1.29, 1.82) is 0 Å². The molecule has 3 rings (SSSR count). The molecule has 1 aliphatic heterocycles. The Labute approximate surface area is 157 Å². The molecule has 1 N–H and O–H groups in total. The molecule has 0 bridgehead atoms. The number of esters is 1. The lowest BCUT2D eigenvalue weighted by atomic mass is 10.3. The number of benzene rings is 2. The lowest BCUT2D eigenvalue weighted by Gasteiger charge is -2.18. The van der Waals surface area contributed by atoms with Gasteiger partial charge in [-0.15, -0.1) is 11.8 Å². The van der Waals surface area contributed by atoms with Crippen molar-refractivity contribution in [1.82, 2.24) is 0 Å². The normalized spacial score (nSPS) is 12.4. The number of hydrogen-bond donors (Lipinski definition) is 1. The van der Waals surface area contributed by atoms with E-state index in [0.29, 0.717) is 24.7 Å². The summed E-state index contributed by atoms with van der Waals surface area (Å²) in [7, 11) is 0. The summed E-state index contributed by atoms with van der Waals surface area (Å²) in [6, 6.07) is 8.47. The van der Waals surface area contributed by atoms with Crippen molar-refractivity contribution in [2.45, 2.75) is 4.90 Å². The number of carbonyl (C=O) groups excluding carboxylic acids is 2. The molecule has 0 unspecified atom stereocenters. The van der Waals surface area contributed by atoms with E-state index in [4.69, 9.17) is 14.2 Å². The molecular formula is C18H15F2NO5S. The van der Waals surface area contributed by atoms with Crippen molar-refractivity contribution in [3.8, 4) is 11.5 Å². The maximum atomic E-state index is 13.5. The molecule has 0 fully saturated rings. The summed E-state index contributed by atoms with van der Waals surface area (Å²) in [4.78, 5) is 24.2. The quantitative estimate of drug-likeness (QED) is 0.599. The van der Waals surface area contributed by atoms with Gasteiger partial charge in [-0.2, -0.15) is 0 Å². The van der Waals surface area contributed by atoms with Crippen molar-refractivity contribution < 1.29 is 32.6 Å². The van der Waals surface area contributed by atoms with Crippen LogP contribution in [0.4, 0.5) is 14.5 Å². The minimum absolute atomic E-state index is 0.0407. The molecule has 0 aliphatic carbocycles. The van der Waals surface area contributed by atoms with Crippen LogP contribution in [0.25, 0.3) is 0 Å². The van der Waals surface area contributed by atoms with E-state index in [2.05, 4.69) is 0 Å². The molecule has 0 atom stereocenters. The minimum atomic E-state index is -0.913. The number of anilines is 1. The van der Waals surface area contributed by atoms with Gasteiger partial charge in [0, 0.05) is 4.90 Å². The Kier molecular flexibility index (Phi) is 6.12. The first-order valence-electron chi connectivity index (χ1n) is 7.95. The van der Waals surface area contributed by atoms with E-state index < -0.39 is 35.8 Å². The van der Waals surface area contributed by atoms with Crippen LogP contribution in [0.1, 0.15) is 0 Å². The fourth-order valence-electron chi connectivity index (χ4n) is 2.24. The van der Waals surface area contributed by atoms with Crippen LogP contribution in [0.15, 0.2) is 41.3 Å². The van der Waals surface area contributed by atoms with Crippen LogP contribution in [0, 0.1) is 11.6 Å². The molecule has 1 amide bonds. The molecule has 142 valence electrons. The molecule has 0 spiro atoms. The van der Waals surface area contributed by atoms with E-state index in [9.17, 15) is 18.4 Å². The maximum absolute atomic E-state index is 13.5. The van der Waals surface area contributed by atoms with Crippen molar-refractivity contribution >= 4 is 29.3 Å². The van der Waals surface area contributed by atoms with E-state index in [0.717, 1.165) is 17.0 Å². The highest BCUT2D eigenvalue weighted by atomic mass is 32.2. The highest BCUT2D eigenvalue weighted by Gasteiger charge is 2.15. The number of nitrogens with one attached hydrogen (secondary N) is 1. The largest absolute Gasteiger partial charge is 0.486 e. The van der Waals surface area contributed by atoms with Crippen LogP contribution in [0.3, 0.4) is 0 Å². The van der Waals surface area contributed by atoms with Crippen molar-refractivity contribution in [2.75, 3.05) is 30.9 Å². The fourth-order valence-corrected chi connectivity index (χ4v) is 2.96. The second-order valence-electron chi connectivity index (χ2n) is 5.40. The van der Waals surface area contributed by atoms with Crippen LogP contribution in [-0.4, -0.2) is 37.4 Å². The molecule has 0 aromatic heterocycles. The van der Waals surface area contributed by atoms with Crippen LogP contribution in [0.5, 0.6) is 11.5 Å². The highest BCUT2D eigenvalue weighted by molar-refractivity contribution is 8.00. The topological polar surface area (TPSA) is 73.9 Å². The second kappa shape index (κ2) is 8.72. The summed E-state index contributed by atoms with van der Waals surface area (Å²) < 4.78 is 42.6. The maximum Gasteiger partial charge on any atom is 0.316 e. The third kappa shape index (κ3) is 5.10. The van der Waals surface area contributed by atoms with Gasteiger partial charge < -0.3 is 19.5 Å². The third-order valence-electron chi connectivity index (χ3n) is 3.46. The van der Waals surface area contributed by atoms with Crippen molar-refractivity contribution in [3.05, 3.63) is 48.0 Å². The summed E-state index contributed by atoms with van der Waals surface area (Å²) in [6.07, 6.45) is 0. The second-order valence-corrected chi connectivity index (χ2v) is 6.45. The Balaban J connectivity index is 1.45. The zero-order chi connectivity index (χ0) is 19.2. The van der Waals surface area contributed by atoms with E-state index in [-0.39, 0.29) is 5.75 Å². The van der Waals surface area contributed by atoms with E-state index in [1.807, 2.05) is 5.32 Å². The Morgan fingerprint density at radius 1 is 1.07 bits per heavy atom. The van der Waals surface area contributed by atoms with Crippen LogP contribution in [-0.2, 0) is 14.3 Å². The molecule has 1 aliphatic rings. The Hall–Kier alpha value is -2.81. The summed E-state index contributed by atoms with van der Waals surface area (Å²) in [5.74, 6) is -2.10. The Morgan fingerprint density at radius 3 is 2.52 bits per heavy atom. The number of thioether (sulfide) groups is 1. The van der Waals surface area contributed by atoms with Gasteiger partial charge in [0.2, 0.25) is 0 Å². The van der Waals surface area contributed by atoms with Crippen molar-refractivity contribution in [2.24, 2.45) is 0 Å². The standard InChI is InChI=1S/C18H15F2NO5S/c19-12-2-1-3-13(20)18(12)21-16(22)9-26-17(23)10-27-11-4-5-14-15(8-11)25-7-6-24-14/h1-5,8H,6-7,9-10H2,(H,21,22). The van der Waals surface area contributed by atoms with Crippen molar-refractivity contribution in [3.63, 3.8) is 0 Å². The van der Waals surface area contributed by atoms with Gasteiger partial charge in [-0.1, -0.05) is 6.07 Å². The number of halogens is 2. The van der Waals surface area contributed by atoms with Gasteiger partial charge in [-0.05, 0) is 30.3 Å². The predicted octanol–water partition coefficient (Wildman–Crippen LogP) is 3.01. The first-order chi connectivity index (χ1) is 13.0. The summed E-state index contributed by atoms with van der Waals surface area (Å²) in [6.45, 7) is 0.305. The number of fused-ring (bicyclic) bond motifs is 1. The number of amides is 1. The van der Waals surface area contributed by atoms with Crippen LogP contribution in [0.2, 0.25) is 0 Å². The average Bonchev–Trinajstić information content (AvgIpc) is 2.67. The molecule has 0 saturated carbocycles. The molecule has 9 heteroatoms. The minimum Gasteiger partial charge on any atom is -0.486 e. The van der Waals surface area contributed by atoms with Crippen LogP contribution >= 0.6 is 11.8 Å². The summed E-state index contributed by atoms with van der Waals surface area (Å²) in [5, 5.41) is 2.04. The third-order valence-corrected chi connectivity index (χ3v) is 4.43. The van der Waals surface area contributed by atoms with Gasteiger partial charge in [0.1, 0.15) is 30.5 Å². The molecule has 2 aromatic carbocycles. The zero-order valence-electron chi connectivity index (χ0n) is 14.0. The fraction of sp³-hybridized carbons (Fsp3) is 0.222. The number of ether oxygens (including phenoxy) is 3. The lowest BCUT2D eigenvalue weighted by Crippen LogP contribution is -2.22. The smallest absolute Gasteiger partial charge is 0.316 e. The van der Waals surface area contributed by atoms with E-state index in [1.54, 1.807) is 18.2 Å². The van der Waals surface area contributed by atoms with Gasteiger partial charge in [0.05, 0.1) is 5.75 Å². The molecule has 2 aromatic rings. The van der Waals surface area contributed by atoms with E-state index >= 15 is 0 Å². The lowest BCUT2D eigenvalue weighted by molar-refractivity contribution is -0.144. The summed E-state index contributed by atoms with van der Waals surface area (Å²) in [5.41, 5.74) is -0.579. The first-order valence-corrected chi connectivity index (χ1v) is 8.93. The Morgan fingerprint density at radius 2 is 1.78 bits per heavy atom. The van der Waals surface area contributed by atoms with Gasteiger partial charge in [0.25, 0.3) is 5.91 Å². The monoisotopic (exact) mass is 395 g/mol. The highest BCUT2D eigenvalue weighted by Crippen LogP contribution is 2.34. The number of carbonyl (C=O) groups is 2. The number of rotatable bonds is 6. The zero-order valence-corrected chi connectivity index (χ0v) is 14.8.